The molecule has 0 atom stereocenters. The van der Waals surface area contributed by atoms with Gasteiger partial charge in [0.25, 0.3) is 0 Å². The second-order valence-electron chi connectivity index (χ2n) is 8.02. The molecule has 0 unspecified atom stereocenters. The molecule has 0 spiro atoms. The van der Waals surface area contributed by atoms with Gasteiger partial charge in [0.15, 0.2) is 0 Å². The number of hydrogen-bond acceptors (Lipinski definition) is 1. The van der Waals surface area contributed by atoms with Gasteiger partial charge in [0.2, 0.25) is 0 Å². The Labute approximate surface area is 147 Å². The fourth-order valence-corrected chi connectivity index (χ4v) is 2.98. The monoisotopic (exact) mass is 326 g/mol. The molecule has 0 fully saturated rings. The summed E-state index contributed by atoms with van der Waals surface area (Å²) in [5.74, 6) is 0.659. The third-order valence-corrected chi connectivity index (χ3v) is 5.63. The fraction of sp³-hybridized carbons (Fsp3) is 0.455. The molecule has 0 aliphatic rings. The highest BCUT2D eigenvalue weighted by Crippen LogP contribution is 2.40. The maximum absolute atomic E-state index is 4.83. The lowest BCUT2D eigenvalue weighted by Crippen LogP contribution is -2.37. The first kappa shape index (κ1) is 18.1. The Balaban J connectivity index is 2.50. The lowest BCUT2D eigenvalue weighted by atomic mass is 9.74. The van der Waals surface area contributed by atoms with Crippen molar-refractivity contribution in [3.63, 3.8) is 0 Å². The van der Waals surface area contributed by atoms with Crippen LogP contribution < -0.4 is 0 Å². The minimum atomic E-state index is -0.0803. The number of benzene rings is 2. The lowest BCUT2D eigenvalue weighted by molar-refractivity contribution is 0.415. The number of thiol groups is 1. The van der Waals surface area contributed by atoms with Gasteiger partial charge in [-0.2, -0.15) is 12.6 Å². The summed E-state index contributed by atoms with van der Waals surface area (Å²) < 4.78 is -0.0803. The Morgan fingerprint density at radius 2 is 1.57 bits per heavy atom. The first-order chi connectivity index (χ1) is 10.6. The molecule has 0 saturated carbocycles. The van der Waals surface area contributed by atoms with Crippen molar-refractivity contribution in [3.05, 3.63) is 59.7 Å². The van der Waals surface area contributed by atoms with Crippen LogP contribution in [-0.4, -0.2) is 4.75 Å². The van der Waals surface area contributed by atoms with Crippen LogP contribution in [0.1, 0.15) is 52.7 Å². The van der Waals surface area contributed by atoms with Crippen LogP contribution in [0, 0.1) is 5.92 Å². The van der Waals surface area contributed by atoms with Crippen LogP contribution in [0.3, 0.4) is 0 Å². The van der Waals surface area contributed by atoms with Gasteiger partial charge < -0.3 is 0 Å². The van der Waals surface area contributed by atoms with E-state index < -0.39 is 0 Å². The summed E-state index contributed by atoms with van der Waals surface area (Å²) in [4.78, 5) is 0. The van der Waals surface area contributed by atoms with Crippen molar-refractivity contribution >= 4 is 12.6 Å². The molecule has 0 saturated heterocycles. The molecule has 0 heterocycles. The highest BCUT2D eigenvalue weighted by molar-refractivity contribution is 7.81. The molecular formula is C22H30S. The summed E-state index contributed by atoms with van der Waals surface area (Å²) >= 11 is 4.83. The van der Waals surface area contributed by atoms with Crippen LogP contribution in [-0.2, 0) is 11.8 Å². The standard InChI is InChI=1S/C22H30S/c1-16(2)14-17-10-7-8-13-20(17)18-11-9-12-19(15-18)21(3,4)22(5,6)23/h7-13,15-16,23H,14H2,1-6H3. The van der Waals surface area contributed by atoms with Gasteiger partial charge in [-0.1, -0.05) is 90.1 Å². The van der Waals surface area contributed by atoms with Crippen molar-refractivity contribution in [1.82, 2.24) is 0 Å². The second-order valence-corrected chi connectivity index (χ2v) is 9.14. The lowest BCUT2D eigenvalue weighted by Gasteiger charge is -2.38. The highest BCUT2D eigenvalue weighted by atomic mass is 32.1. The molecule has 0 radical (unpaired) electrons. The normalized spacial score (nSPS) is 12.7. The van der Waals surface area contributed by atoms with E-state index >= 15 is 0 Å². The molecule has 0 aliphatic carbocycles. The zero-order chi connectivity index (χ0) is 17.3. The van der Waals surface area contributed by atoms with E-state index in [1.165, 1.54) is 22.3 Å². The van der Waals surface area contributed by atoms with Gasteiger partial charge in [-0.3, -0.25) is 0 Å². The SMILES string of the molecule is CC(C)Cc1ccccc1-c1cccc(C(C)(C)C(C)(C)S)c1. The molecule has 0 amide bonds. The van der Waals surface area contributed by atoms with E-state index in [0.717, 1.165) is 6.42 Å². The maximum Gasteiger partial charge on any atom is 0.0164 e. The molecule has 2 rings (SSSR count). The van der Waals surface area contributed by atoms with Gasteiger partial charge in [-0.05, 0) is 34.6 Å². The Bertz CT molecular complexity index is 660. The summed E-state index contributed by atoms with van der Waals surface area (Å²) in [6.45, 7) is 13.5. The molecule has 0 aromatic heterocycles. The molecule has 1 heteroatoms. The first-order valence-electron chi connectivity index (χ1n) is 8.54. The largest absolute Gasteiger partial charge is 0.172 e. The van der Waals surface area contributed by atoms with Crippen molar-refractivity contribution in [2.75, 3.05) is 0 Å². The molecule has 0 bridgehead atoms. The van der Waals surface area contributed by atoms with Crippen LogP contribution >= 0.6 is 12.6 Å². The molecule has 124 valence electrons. The Morgan fingerprint density at radius 3 is 2.17 bits per heavy atom. The van der Waals surface area contributed by atoms with Gasteiger partial charge in [0, 0.05) is 10.2 Å². The van der Waals surface area contributed by atoms with Gasteiger partial charge in [0.05, 0.1) is 0 Å². The maximum atomic E-state index is 4.83. The van der Waals surface area contributed by atoms with Crippen LogP contribution in [0.5, 0.6) is 0 Å². The Morgan fingerprint density at radius 1 is 0.913 bits per heavy atom. The summed E-state index contributed by atoms with van der Waals surface area (Å²) in [6, 6.07) is 17.8. The van der Waals surface area contributed by atoms with Crippen LogP contribution in [0.15, 0.2) is 48.5 Å². The zero-order valence-electron chi connectivity index (χ0n) is 15.4. The molecule has 2 aromatic carbocycles. The predicted molar refractivity (Wildman–Crippen MR) is 107 cm³/mol. The summed E-state index contributed by atoms with van der Waals surface area (Å²) in [5, 5.41) is 0. The van der Waals surface area contributed by atoms with E-state index in [-0.39, 0.29) is 10.2 Å². The molecule has 0 N–H and O–H groups in total. The molecule has 2 aromatic rings. The van der Waals surface area contributed by atoms with Crippen molar-refractivity contribution in [2.24, 2.45) is 5.92 Å². The average Bonchev–Trinajstić information content (AvgIpc) is 2.46. The van der Waals surface area contributed by atoms with E-state index in [1.54, 1.807) is 0 Å². The topological polar surface area (TPSA) is 0 Å². The minimum absolute atomic E-state index is 0.000880. The first-order valence-corrected chi connectivity index (χ1v) is 8.99. The van der Waals surface area contributed by atoms with E-state index in [4.69, 9.17) is 12.6 Å². The second kappa shape index (κ2) is 6.73. The van der Waals surface area contributed by atoms with Crippen molar-refractivity contribution in [1.29, 1.82) is 0 Å². The smallest absolute Gasteiger partial charge is 0.0164 e. The Kier molecular flexibility index (Phi) is 5.30. The summed E-state index contributed by atoms with van der Waals surface area (Å²) in [5.41, 5.74) is 5.44. The van der Waals surface area contributed by atoms with E-state index in [2.05, 4.69) is 90.1 Å². The van der Waals surface area contributed by atoms with Gasteiger partial charge in [-0.15, -0.1) is 0 Å². The highest BCUT2D eigenvalue weighted by Gasteiger charge is 2.35. The van der Waals surface area contributed by atoms with Crippen molar-refractivity contribution < 1.29 is 0 Å². The third kappa shape index (κ3) is 4.01. The zero-order valence-corrected chi connectivity index (χ0v) is 16.2. The van der Waals surface area contributed by atoms with Crippen LogP contribution in [0.2, 0.25) is 0 Å². The third-order valence-electron chi connectivity index (χ3n) is 5.07. The molecule has 23 heavy (non-hydrogen) atoms. The van der Waals surface area contributed by atoms with E-state index in [1.807, 2.05) is 0 Å². The average molecular weight is 327 g/mol. The predicted octanol–water partition coefficient (Wildman–Crippen LogP) is 6.54. The minimum Gasteiger partial charge on any atom is -0.172 e. The quantitative estimate of drug-likeness (QED) is 0.593. The number of rotatable bonds is 5. The van der Waals surface area contributed by atoms with E-state index in [9.17, 15) is 0 Å². The number of hydrogen-bond donors (Lipinski definition) is 1. The van der Waals surface area contributed by atoms with Gasteiger partial charge in [-0.25, -0.2) is 0 Å². The van der Waals surface area contributed by atoms with Gasteiger partial charge in [0.1, 0.15) is 0 Å². The summed E-state index contributed by atoms with van der Waals surface area (Å²) in [7, 11) is 0. The fourth-order valence-electron chi connectivity index (χ4n) is 2.85. The van der Waals surface area contributed by atoms with Crippen LogP contribution in [0.4, 0.5) is 0 Å². The molecular weight excluding hydrogens is 296 g/mol. The van der Waals surface area contributed by atoms with E-state index in [0.29, 0.717) is 5.92 Å². The molecule has 0 aliphatic heterocycles. The summed E-state index contributed by atoms with van der Waals surface area (Å²) in [6.07, 6.45) is 1.11. The Hall–Kier alpha value is -1.21. The molecule has 0 nitrogen and oxygen atoms in total. The van der Waals surface area contributed by atoms with Gasteiger partial charge >= 0.3 is 0 Å². The van der Waals surface area contributed by atoms with Crippen molar-refractivity contribution in [2.45, 2.75) is 58.1 Å². The van der Waals surface area contributed by atoms with Crippen LogP contribution in [0.25, 0.3) is 11.1 Å². The van der Waals surface area contributed by atoms with Crippen molar-refractivity contribution in [3.8, 4) is 11.1 Å².